The van der Waals surface area contributed by atoms with Gasteiger partial charge in [0.15, 0.2) is 0 Å². The zero-order valence-electron chi connectivity index (χ0n) is 18.9. The minimum absolute atomic E-state index is 0.255. The summed E-state index contributed by atoms with van der Waals surface area (Å²) < 4.78 is 7.01. The van der Waals surface area contributed by atoms with E-state index < -0.39 is 0 Å². The summed E-state index contributed by atoms with van der Waals surface area (Å²) in [6.07, 6.45) is 1.68. The monoisotopic (exact) mass is 474 g/mol. The van der Waals surface area contributed by atoms with Gasteiger partial charge in [0.1, 0.15) is 11.4 Å². The number of carbonyl (C=O) groups excluding carboxylic acids is 2. The van der Waals surface area contributed by atoms with E-state index in [1.165, 1.54) is 4.90 Å². The van der Waals surface area contributed by atoms with Gasteiger partial charge in [-0.3, -0.25) is 9.59 Å². The molecule has 0 aliphatic heterocycles. The van der Waals surface area contributed by atoms with Crippen molar-refractivity contribution in [2.24, 2.45) is 0 Å². The topological polar surface area (TPSA) is 76.5 Å². The first-order valence-corrected chi connectivity index (χ1v) is 10.9. The van der Waals surface area contributed by atoms with E-state index in [1.54, 1.807) is 50.3 Å². The quantitative estimate of drug-likeness (QED) is 0.419. The van der Waals surface area contributed by atoms with Gasteiger partial charge in [-0.05, 0) is 42.5 Å². The molecule has 1 heterocycles. The molecule has 0 radical (unpaired) electrons. The number of benzene rings is 3. The molecule has 172 valence electrons. The largest absolute Gasteiger partial charge is 0.497 e. The zero-order chi connectivity index (χ0) is 24.2. The summed E-state index contributed by atoms with van der Waals surface area (Å²) >= 11 is 6.21. The number of hydrogen-bond donors (Lipinski definition) is 1. The highest BCUT2D eigenvalue weighted by Crippen LogP contribution is 2.28. The molecule has 4 aromatic rings. The second kappa shape index (κ2) is 9.80. The van der Waals surface area contributed by atoms with Gasteiger partial charge in [-0.25, -0.2) is 4.68 Å². The van der Waals surface area contributed by atoms with Crippen molar-refractivity contribution in [3.63, 3.8) is 0 Å². The first-order valence-electron chi connectivity index (χ1n) is 10.5. The van der Waals surface area contributed by atoms with E-state index >= 15 is 0 Å². The Labute approximate surface area is 202 Å². The molecule has 1 N–H and O–H groups in total. The van der Waals surface area contributed by atoms with E-state index in [1.807, 2.05) is 54.6 Å². The van der Waals surface area contributed by atoms with Crippen LogP contribution in [-0.4, -0.2) is 47.7 Å². The molecule has 0 bridgehead atoms. The fourth-order valence-electron chi connectivity index (χ4n) is 3.44. The highest BCUT2D eigenvalue weighted by molar-refractivity contribution is 6.34. The van der Waals surface area contributed by atoms with Crippen molar-refractivity contribution in [2.75, 3.05) is 26.5 Å². The van der Waals surface area contributed by atoms with E-state index in [4.69, 9.17) is 21.4 Å². The van der Waals surface area contributed by atoms with Crippen LogP contribution in [0, 0.1) is 0 Å². The minimum Gasteiger partial charge on any atom is -0.497 e. The van der Waals surface area contributed by atoms with Crippen LogP contribution in [0.5, 0.6) is 5.75 Å². The maximum atomic E-state index is 13.4. The molecule has 0 spiro atoms. The van der Waals surface area contributed by atoms with Gasteiger partial charge in [0.05, 0.1) is 28.9 Å². The van der Waals surface area contributed by atoms with Gasteiger partial charge in [0.2, 0.25) is 0 Å². The highest BCUT2D eigenvalue weighted by atomic mass is 35.5. The Bertz CT molecular complexity index is 1350. The van der Waals surface area contributed by atoms with E-state index in [-0.39, 0.29) is 11.8 Å². The Morgan fingerprint density at radius 3 is 2.44 bits per heavy atom. The first-order chi connectivity index (χ1) is 16.4. The summed E-state index contributed by atoms with van der Waals surface area (Å²) in [6, 6.07) is 21.7. The van der Waals surface area contributed by atoms with Gasteiger partial charge in [-0.15, -0.1) is 0 Å². The number of hydrogen-bond acceptors (Lipinski definition) is 4. The number of ether oxygens (including phenoxy) is 1. The van der Waals surface area contributed by atoms with Gasteiger partial charge in [0.25, 0.3) is 11.8 Å². The number of aromatic nitrogens is 2. The fourth-order valence-corrected chi connectivity index (χ4v) is 3.64. The molecule has 0 unspecified atom stereocenters. The van der Waals surface area contributed by atoms with Crippen molar-refractivity contribution in [3.8, 4) is 22.7 Å². The number of para-hydroxylation sites is 1. The summed E-state index contributed by atoms with van der Waals surface area (Å²) in [5, 5.41) is 7.87. The molecule has 34 heavy (non-hydrogen) atoms. The maximum Gasteiger partial charge on any atom is 0.259 e. The molecule has 7 nitrogen and oxygen atoms in total. The molecule has 8 heteroatoms. The number of rotatable bonds is 6. The van der Waals surface area contributed by atoms with Crippen molar-refractivity contribution in [1.29, 1.82) is 0 Å². The van der Waals surface area contributed by atoms with Crippen LogP contribution in [0.25, 0.3) is 16.9 Å². The zero-order valence-corrected chi connectivity index (χ0v) is 19.7. The van der Waals surface area contributed by atoms with Crippen LogP contribution < -0.4 is 10.1 Å². The van der Waals surface area contributed by atoms with Crippen LogP contribution in [0.4, 0.5) is 5.69 Å². The van der Waals surface area contributed by atoms with Crippen LogP contribution in [-0.2, 0) is 0 Å². The van der Waals surface area contributed by atoms with Gasteiger partial charge >= 0.3 is 0 Å². The third kappa shape index (κ3) is 4.79. The van der Waals surface area contributed by atoms with Crippen LogP contribution in [0.3, 0.4) is 0 Å². The number of anilines is 1. The van der Waals surface area contributed by atoms with Crippen molar-refractivity contribution in [1.82, 2.24) is 14.7 Å². The fraction of sp³-hybridized carbons (Fsp3) is 0.115. The number of amides is 2. The smallest absolute Gasteiger partial charge is 0.259 e. The Hall–Kier alpha value is -4.10. The number of methoxy groups -OCH3 is 1. The lowest BCUT2D eigenvalue weighted by atomic mass is 10.1. The molecular weight excluding hydrogens is 452 g/mol. The standard InChI is InChI=1S/C26H23ClN4O3/c1-30(2)26(33)21-15-18(12-13-23(21)27)28-25(32)22-16-31(19-9-5-4-6-10-19)29-24(22)17-8-7-11-20(14-17)34-3/h4-16H,1-3H3,(H,28,32). The summed E-state index contributed by atoms with van der Waals surface area (Å²) in [5.74, 6) is 0.0308. The molecule has 2 amide bonds. The van der Waals surface area contributed by atoms with Crippen LogP contribution in [0.15, 0.2) is 79.0 Å². The molecular formula is C26H23ClN4O3. The lowest BCUT2D eigenvalue weighted by Crippen LogP contribution is -2.22. The van der Waals surface area contributed by atoms with Gasteiger partial charge < -0.3 is 15.0 Å². The van der Waals surface area contributed by atoms with Crippen LogP contribution in [0.2, 0.25) is 5.02 Å². The second-order valence-electron chi connectivity index (χ2n) is 7.75. The predicted molar refractivity (Wildman–Crippen MR) is 133 cm³/mol. The van der Waals surface area contributed by atoms with Crippen LogP contribution in [0.1, 0.15) is 20.7 Å². The molecule has 0 aliphatic rings. The highest BCUT2D eigenvalue weighted by Gasteiger charge is 2.20. The second-order valence-corrected chi connectivity index (χ2v) is 8.16. The molecule has 0 saturated carbocycles. The summed E-state index contributed by atoms with van der Waals surface area (Å²) in [4.78, 5) is 27.2. The predicted octanol–water partition coefficient (Wildman–Crippen LogP) is 5.16. The molecule has 0 atom stereocenters. The lowest BCUT2D eigenvalue weighted by Gasteiger charge is -2.13. The third-order valence-corrected chi connectivity index (χ3v) is 5.51. The number of halogens is 1. The normalized spacial score (nSPS) is 10.6. The Morgan fingerprint density at radius 1 is 0.971 bits per heavy atom. The third-order valence-electron chi connectivity index (χ3n) is 5.18. The van der Waals surface area contributed by atoms with Gasteiger partial charge in [0, 0.05) is 31.5 Å². The SMILES string of the molecule is COc1cccc(-c2nn(-c3ccccc3)cc2C(=O)Nc2ccc(Cl)c(C(=O)N(C)C)c2)c1. The lowest BCUT2D eigenvalue weighted by molar-refractivity contribution is 0.0827. The number of nitrogens with zero attached hydrogens (tertiary/aromatic N) is 3. The first kappa shape index (κ1) is 23.1. The summed E-state index contributed by atoms with van der Waals surface area (Å²) in [5.41, 5.74) is 3.17. The van der Waals surface area contributed by atoms with Gasteiger partial charge in [-0.1, -0.05) is 41.9 Å². The Kier molecular flexibility index (Phi) is 6.65. The van der Waals surface area contributed by atoms with Crippen LogP contribution >= 0.6 is 11.6 Å². The average molecular weight is 475 g/mol. The number of carbonyl (C=O) groups is 2. The number of nitrogens with one attached hydrogen (secondary N) is 1. The van der Waals surface area contributed by atoms with Crippen molar-refractivity contribution >= 4 is 29.1 Å². The average Bonchev–Trinajstić information content (AvgIpc) is 3.31. The van der Waals surface area contributed by atoms with Crippen molar-refractivity contribution in [2.45, 2.75) is 0 Å². The molecule has 4 rings (SSSR count). The van der Waals surface area contributed by atoms with Crippen molar-refractivity contribution < 1.29 is 14.3 Å². The van der Waals surface area contributed by atoms with Gasteiger partial charge in [-0.2, -0.15) is 5.10 Å². The molecule has 0 saturated heterocycles. The minimum atomic E-state index is -0.370. The Balaban J connectivity index is 1.74. The Morgan fingerprint density at radius 2 is 1.74 bits per heavy atom. The van der Waals surface area contributed by atoms with E-state index in [0.717, 1.165) is 11.3 Å². The molecule has 1 aromatic heterocycles. The van der Waals surface area contributed by atoms with E-state index in [9.17, 15) is 9.59 Å². The van der Waals surface area contributed by atoms with E-state index in [2.05, 4.69) is 5.32 Å². The maximum absolute atomic E-state index is 13.4. The van der Waals surface area contributed by atoms with E-state index in [0.29, 0.717) is 33.3 Å². The van der Waals surface area contributed by atoms with Crippen molar-refractivity contribution in [3.05, 3.63) is 95.1 Å². The molecule has 3 aromatic carbocycles. The molecule has 0 fully saturated rings. The summed E-state index contributed by atoms with van der Waals surface area (Å²) in [7, 11) is 4.87. The summed E-state index contributed by atoms with van der Waals surface area (Å²) in [6.45, 7) is 0. The molecule has 0 aliphatic carbocycles.